The van der Waals surface area contributed by atoms with E-state index in [1.165, 1.54) is 51.7 Å². The van der Waals surface area contributed by atoms with Gasteiger partial charge in [-0.25, -0.2) is 17.6 Å². The van der Waals surface area contributed by atoms with Gasteiger partial charge in [-0.15, -0.1) is 0 Å². The summed E-state index contributed by atoms with van der Waals surface area (Å²) >= 11 is 0. The Morgan fingerprint density at radius 2 is 1.84 bits per heavy atom. The second-order valence-electron chi connectivity index (χ2n) is 7.26. The monoisotopic (exact) mass is 466 g/mol. The van der Waals surface area contributed by atoms with Gasteiger partial charge < -0.3 is 15.0 Å². The molecule has 10 nitrogen and oxygen atoms in total. The van der Waals surface area contributed by atoms with Crippen LogP contribution in [0.15, 0.2) is 53.4 Å². The summed E-state index contributed by atoms with van der Waals surface area (Å²) in [4.78, 5) is 24.1. The first-order valence-corrected chi connectivity index (χ1v) is 11.3. The summed E-state index contributed by atoms with van der Waals surface area (Å²) in [6, 6.07) is 9.73. The van der Waals surface area contributed by atoms with Gasteiger partial charge in [0.25, 0.3) is 5.69 Å². The van der Waals surface area contributed by atoms with Gasteiger partial charge in [-0.1, -0.05) is 6.07 Å². The van der Waals surface area contributed by atoms with Crippen LogP contribution in [0.5, 0.6) is 5.75 Å². The van der Waals surface area contributed by atoms with E-state index < -0.39 is 14.9 Å². The average molecular weight is 466 g/mol. The summed E-state index contributed by atoms with van der Waals surface area (Å²) < 4.78 is 45.2. The van der Waals surface area contributed by atoms with E-state index in [2.05, 4.69) is 5.32 Å². The Labute approximate surface area is 184 Å². The lowest BCUT2D eigenvalue weighted by Crippen LogP contribution is -2.54. The largest absolute Gasteiger partial charge is 0.491 e. The van der Waals surface area contributed by atoms with Gasteiger partial charge in [0.2, 0.25) is 10.0 Å². The fraction of sp³-hybridized carbons (Fsp3) is 0.350. The molecule has 2 aromatic rings. The minimum Gasteiger partial charge on any atom is -0.491 e. The van der Waals surface area contributed by atoms with Crippen molar-refractivity contribution in [3.05, 3.63) is 64.5 Å². The van der Waals surface area contributed by atoms with Gasteiger partial charge in [-0.05, 0) is 37.3 Å². The normalized spacial score (nSPS) is 15.8. The predicted octanol–water partition coefficient (Wildman–Crippen LogP) is 2.22. The van der Waals surface area contributed by atoms with Gasteiger partial charge in [0, 0.05) is 38.3 Å². The highest BCUT2D eigenvalue weighted by Crippen LogP contribution is 2.22. The fourth-order valence-electron chi connectivity index (χ4n) is 3.13. The van der Waals surface area contributed by atoms with Crippen LogP contribution in [0, 0.1) is 15.9 Å². The zero-order chi connectivity index (χ0) is 23.3. The van der Waals surface area contributed by atoms with Crippen molar-refractivity contribution in [2.45, 2.75) is 17.9 Å². The molecule has 3 rings (SSSR count). The molecule has 0 spiro atoms. The summed E-state index contributed by atoms with van der Waals surface area (Å²) in [5, 5.41) is 13.7. The van der Waals surface area contributed by atoms with Gasteiger partial charge >= 0.3 is 6.03 Å². The average Bonchev–Trinajstić information content (AvgIpc) is 2.79. The third kappa shape index (κ3) is 5.71. The second kappa shape index (κ2) is 9.92. The quantitative estimate of drug-likeness (QED) is 0.493. The van der Waals surface area contributed by atoms with Gasteiger partial charge in [0.15, 0.2) is 0 Å². The van der Waals surface area contributed by atoms with Crippen LogP contribution in [0.25, 0.3) is 0 Å². The van der Waals surface area contributed by atoms with Crippen molar-refractivity contribution in [3.8, 4) is 5.75 Å². The van der Waals surface area contributed by atoms with E-state index in [0.29, 0.717) is 5.75 Å². The molecule has 0 saturated carbocycles. The Kier molecular flexibility index (Phi) is 7.26. The predicted molar refractivity (Wildman–Crippen MR) is 113 cm³/mol. The maximum absolute atomic E-state index is 12.9. The number of halogens is 1. The Morgan fingerprint density at radius 1 is 1.19 bits per heavy atom. The molecule has 1 unspecified atom stereocenters. The lowest BCUT2D eigenvalue weighted by molar-refractivity contribution is -0.385. The van der Waals surface area contributed by atoms with Crippen LogP contribution >= 0.6 is 0 Å². The summed E-state index contributed by atoms with van der Waals surface area (Å²) in [5.41, 5.74) is -0.305. The summed E-state index contributed by atoms with van der Waals surface area (Å²) in [6.07, 6.45) is 0. The van der Waals surface area contributed by atoms with E-state index in [1.807, 2.05) is 0 Å². The molecule has 1 atom stereocenters. The standard InChI is InChI=1S/C20H23FN4O6S/c1-15(14-31-18-7-5-16(21)6-8-18)22-20(26)23-9-11-24(12-10-23)32(29,30)19-4-2-3-17(13-19)25(27)28/h2-8,13,15H,9-12,14H2,1H3,(H,22,26). The Bertz CT molecular complexity index is 1070. The Balaban J connectivity index is 1.51. The lowest BCUT2D eigenvalue weighted by atomic mass is 10.3. The molecule has 0 aliphatic carbocycles. The molecule has 12 heteroatoms. The first kappa shape index (κ1) is 23.4. The smallest absolute Gasteiger partial charge is 0.317 e. The van der Waals surface area contributed by atoms with E-state index in [0.717, 1.165) is 6.07 Å². The van der Waals surface area contributed by atoms with E-state index in [-0.39, 0.29) is 61.3 Å². The minimum absolute atomic E-state index is 0.0684. The molecule has 1 fully saturated rings. The molecule has 1 saturated heterocycles. The van der Waals surface area contributed by atoms with Gasteiger partial charge in [-0.3, -0.25) is 10.1 Å². The molecule has 0 radical (unpaired) electrons. The molecule has 0 bridgehead atoms. The second-order valence-corrected chi connectivity index (χ2v) is 9.20. The highest BCUT2D eigenvalue weighted by molar-refractivity contribution is 7.89. The maximum Gasteiger partial charge on any atom is 0.317 e. The number of nitro benzene ring substituents is 1. The molecule has 0 aromatic heterocycles. The van der Waals surface area contributed by atoms with Crippen LogP contribution in [0.1, 0.15) is 6.92 Å². The molecule has 2 aromatic carbocycles. The van der Waals surface area contributed by atoms with Crippen molar-refractivity contribution in [2.75, 3.05) is 32.8 Å². The third-order valence-corrected chi connectivity index (χ3v) is 6.77. The van der Waals surface area contributed by atoms with E-state index in [1.54, 1.807) is 6.92 Å². The van der Waals surface area contributed by atoms with E-state index in [9.17, 15) is 27.7 Å². The highest BCUT2D eigenvalue weighted by atomic mass is 32.2. The van der Waals surface area contributed by atoms with Crippen molar-refractivity contribution < 1.29 is 27.3 Å². The Morgan fingerprint density at radius 3 is 2.47 bits per heavy atom. The topological polar surface area (TPSA) is 122 Å². The number of urea groups is 1. The van der Waals surface area contributed by atoms with Crippen LogP contribution in [0.4, 0.5) is 14.9 Å². The van der Waals surface area contributed by atoms with Crippen LogP contribution in [-0.2, 0) is 10.0 Å². The van der Waals surface area contributed by atoms with Gasteiger partial charge in [0.05, 0.1) is 15.9 Å². The number of nitrogens with zero attached hydrogens (tertiary/aromatic N) is 3. The number of carbonyl (C=O) groups excluding carboxylic acids is 1. The van der Waals surface area contributed by atoms with Gasteiger partial charge in [-0.2, -0.15) is 4.31 Å². The molecular weight excluding hydrogens is 443 g/mol. The maximum atomic E-state index is 12.9. The number of carbonyl (C=O) groups is 1. The highest BCUT2D eigenvalue weighted by Gasteiger charge is 2.31. The molecule has 32 heavy (non-hydrogen) atoms. The van der Waals surface area contributed by atoms with Crippen molar-refractivity contribution in [2.24, 2.45) is 0 Å². The zero-order valence-corrected chi connectivity index (χ0v) is 18.1. The molecule has 1 N–H and O–H groups in total. The number of piperazine rings is 1. The number of rotatable bonds is 7. The number of nitrogens with one attached hydrogen (secondary N) is 1. The summed E-state index contributed by atoms with van der Waals surface area (Å²) in [5.74, 6) is 0.109. The molecule has 172 valence electrons. The number of nitro groups is 1. The number of amides is 2. The molecule has 2 amide bonds. The molecule has 1 aliphatic rings. The van der Waals surface area contributed by atoms with E-state index in [4.69, 9.17) is 4.74 Å². The first-order valence-electron chi connectivity index (χ1n) is 9.85. The van der Waals surface area contributed by atoms with Crippen LogP contribution in [0.3, 0.4) is 0 Å². The van der Waals surface area contributed by atoms with Crippen molar-refractivity contribution in [1.82, 2.24) is 14.5 Å². The summed E-state index contributed by atoms with van der Waals surface area (Å²) in [6.45, 7) is 2.41. The number of hydrogen-bond donors (Lipinski definition) is 1. The molecule has 1 aliphatic heterocycles. The van der Waals surface area contributed by atoms with Crippen LogP contribution in [-0.4, -0.2) is 67.4 Å². The SMILES string of the molecule is CC(COc1ccc(F)cc1)NC(=O)N1CCN(S(=O)(=O)c2cccc([N+](=O)[O-])c2)CC1. The number of benzene rings is 2. The number of ether oxygens (including phenoxy) is 1. The number of non-ortho nitro benzene ring substituents is 1. The van der Waals surface area contributed by atoms with Gasteiger partial charge in [0.1, 0.15) is 18.2 Å². The molecular formula is C20H23FN4O6S. The first-order chi connectivity index (χ1) is 15.2. The van der Waals surface area contributed by atoms with Crippen LogP contribution in [0.2, 0.25) is 0 Å². The number of hydrogen-bond acceptors (Lipinski definition) is 6. The summed E-state index contributed by atoms with van der Waals surface area (Å²) in [7, 11) is -3.91. The van der Waals surface area contributed by atoms with Crippen LogP contribution < -0.4 is 10.1 Å². The number of sulfonamides is 1. The van der Waals surface area contributed by atoms with E-state index >= 15 is 0 Å². The fourth-order valence-corrected chi connectivity index (χ4v) is 4.60. The minimum atomic E-state index is -3.91. The van der Waals surface area contributed by atoms with Crippen molar-refractivity contribution >= 4 is 21.7 Å². The lowest BCUT2D eigenvalue weighted by Gasteiger charge is -2.34. The Hall–Kier alpha value is -3.25. The third-order valence-electron chi connectivity index (χ3n) is 4.88. The molecule has 1 heterocycles. The van der Waals surface area contributed by atoms with Crippen molar-refractivity contribution in [3.63, 3.8) is 0 Å². The van der Waals surface area contributed by atoms with Crippen molar-refractivity contribution in [1.29, 1.82) is 0 Å². The zero-order valence-electron chi connectivity index (χ0n) is 17.3.